The van der Waals surface area contributed by atoms with Crippen molar-refractivity contribution in [2.45, 2.75) is 25.8 Å². The molecular formula is C23H22ClN3O3. The van der Waals surface area contributed by atoms with Crippen LogP contribution < -0.4 is 9.47 Å². The Kier molecular flexibility index (Phi) is 5.59. The highest BCUT2D eigenvalue weighted by atomic mass is 35.5. The van der Waals surface area contributed by atoms with Crippen molar-refractivity contribution in [3.63, 3.8) is 0 Å². The third-order valence-electron chi connectivity index (χ3n) is 5.26. The number of pyridine rings is 1. The fraction of sp³-hybridized carbons (Fsp3) is 0.261. The third-order valence-corrected chi connectivity index (χ3v) is 5.56. The van der Waals surface area contributed by atoms with E-state index < -0.39 is 0 Å². The van der Waals surface area contributed by atoms with Crippen LogP contribution in [0.2, 0.25) is 5.15 Å². The summed E-state index contributed by atoms with van der Waals surface area (Å²) in [5, 5.41) is 7.47. The summed E-state index contributed by atoms with van der Waals surface area (Å²) in [6.07, 6.45) is 0.910. The van der Waals surface area contributed by atoms with Gasteiger partial charge in [-0.25, -0.2) is 9.99 Å². The number of nitrogens with zero attached hydrogens (tertiary/aromatic N) is 3. The molecule has 0 aliphatic carbocycles. The lowest BCUT2D eigenvalue weighted by atomic mass is 9.98. The number of carbonyl (C=O) groups excluding carboxylic acids is 1. The lowest BCUT2D eigenvalue weighted by molar-refractivity contribution is -0.132. The number of hydrazone groups is 1. The van der Waals surface area contributed by atoms with Crippen LogP contribution in [0.15, 0.2) is 53.6 Å². The predicted octanol–water partition coefficient (Wildman–Crippen LogP) is 4.99. The molecule has 0 saturated heterocycles. The quantitative estimate of drug-likeness (QED) is 0.542. The number of rotatable bonds is 5. The Balaban J connectivity index is 1.73. The summed E-state index contributed by atoms with van der Waals surface area (Å²) in [7, 11) is 3.24. The molecular weight excluding hydrogens is 402 g/mol. The lowest BCUT2D eigenvalue weighted by Gasteiger charge is -2.22. The zero-order valence-corrected chi connectivity index (χ0v) is 17.8. The SMILES string of the molecule is CCC(=O)N1N=C(c2ccc(OC)cc2)CC1c1cc2ccc(OC)cc2nc1Cl. The van der Waals surface area contributed by atoms with Crippen LogP contribution in [0, 0.1) is 0 Å². The second-order valence-corrected chi connectivity index (χ2v) is 7.37. The maximum Gasteiger partial charge on any atom is 0.242 e. The van der Waals surface area contributed by atoms with E-state index in [0.29, 0.717) is 23.7 Å². The predicted molar refractivity (Wildman–Crippen MR) is 117 cm³/mol. The molecule has 3 aromatic rings. The van der Waals surface area contributed by atoms with Crippen molar-refractivity contribution in [3.8, 4) is 11.5 Å². The van der Waals surface area contributed by atoms with Crippen LogP contribution in [0.1, 0.15) is 36.9 Å². The van der Waals surface area contributed by atoms with Gasteiger partial charge in [-0.3, -0.25) is 4.79 Å². The number of halogens is 1. The van der Waals surface area contributed by atoms with E-state index in [1.165, 1.54) is 5.01 Å². The topological polar surface area (TPSA) is 64.0 Å². The van der Waals surface area contributed by atoms with E-state index in [1.54, 1.807) is 14.2 Å². The third kappa shape index (κ3) is 3.71. The molecule has 0 radical (unpaired) electrons. The van der Waals surface area contributed by atoms with E-state index in [2.05, 4.69) is 10.1 Å². The van der Waals surface area contributed by atoms with Gasteiger partial charge in [0.15, 0.2) is 0 Å². The summed E-state index contributed by atoms with van der Waals surface area (Å²) in [6.45, 7) is 1.83. The van der Waals surface area contributed by atoms with Crippen LogP contribution in [0.25, 0.3) is 10.9 Å². The van der Waals surface area contributed by atoms with Crippen molar-refractivity contribution in [1.82, 2.24) is 9.99 Å². The Bertz CT molecular complexity index is 1130. The van der Waals surface area contributed by atoms with Crippen LogP contribution in [-0.2, 0) is 4.79 Å². The maximum atomic E-state index is 12.7. The molecule has 1 aliphatic rings. The molecule has 1 aliphatic heterocycles. The first kappa shape index (κ1) is 20.2. The Morgan fingerprint density at radius 1 is 1.10 bits per heavy atom. The number of ether oxygens (including phenoxy) is 2. The Hall–Kier alpha value is -3.12. The van der Waals surface area contributed by atoms with Crippen LogP contribution in [-0.4, -0.2) is 35.8 Å². The number of aromatic nitrogens is 1. The number of carbonyl (C=O) groups is 1. The number of benzene rings is 2. The molecule has 6 nitrogen and oxygen atoms in total. The number of methoxy groups -OCH3 is 2. The van der Waals surface area contributed by atoms with Gasteiger partial charge in [0.05, 0.1) is 31.5 Å². The van der Waals surface area contributed by atoms with Crippen molar-refractivity contribution < 1.29 is 14.3 Å². The van der Waals surface area contributed by atoms with Crippen molar-refractivity contribution in [2.75, 3.05) is 14.2 Å². The lowest BCUT2D eigenvalue weighted by Crippen LogP contribution is -2.26. The molecule has 1 atom stereocenters. The molecule has 1 aromatic heterocycles. The summed E-state index contributed by atoms with van der Waals surface area (Å²) < 4.78 is 10.5. The summed E-state index contributed by atoms with van der Waals surface area (Å²) >= 11 is 6.57. The minimum Gasteiger partial charge on any atom is -0.497 e. The highest BCUT2D eigenvalue weighted by Crippen LogP contribution is 2.38. The van der Waals surface area contributed by atoms with E-state index in [0.717, 1.165) is 33.5 Å². The van der Waals surface area contributed by atoms with E-state index in [9.17, 15) is 4.79 Å². The molecule has 2 aromatic carbocycles. The molecule has 0 N–H and O–H groups in total. The summed E-state index contributed by atoms with van der Waals surface area (Å²) in [5.41, 5.74) is 3.30. The minimum atomic E-state index is -0.305. The summed E-state index contributed by atoms with van der Waals surface area (Å²) in [6, 6.07) is 15.0. The molecule has 2 heterocycles. The first-order valence-electron chi connectivity index (χ1n) is 9.72. The summed E-state index contributed by atoms with van der Waals surface area (Å²) in [5.74, 6) is 1.43. The van der Waals surface area contributed by atoms with Crippen molar-refractivity contribution in [1.29, 1.82) is 0 Å². The Morgan fingerprint density at radius 3 is 2.47 bits per heavy atom. The molecule has 1 amide bonds. The van der Waals surface area contributed by atoms with E-state index in [-0.39, 0.29) is 11.9 Å². The van der Waals surface area contributed by atoms with Gasteiger partial charge >= 0.3 is 0 Å². The number of fused-ring (bicyclic) bond motifs is 1. The van der Waals surface area contributed by atoms with Crippen LogP contribution in [0.5, 0.6) is 11.5 Å². The van der Waals surface area contributed by atoms with Gasteiger partial charge in [-0.15, -0.1) is 0 Å². The van der Waals surface area contributed by atoms with E-state index in [1.807, 2.05) is 55.5 Å². The van der Waals surface area contributed by atoms with Crippen molar-refractivity contribution in [3.05, 3.63) is 64.8 Å². The molecule has 0 saturated carbocycles. The monoisotopic (exact) mass is 423 g/mol. The van der Waals surface area contributed by atoms with Gasteiger partial charge in [0.2, 0.25) is 5.91 Å². The van der Waals surface area contributed by atoms with Gasteiger partial charge in [-0.1, -0.05) is 18.5 Å². The number of amides is 1. The van der Waals surface area contributed by atoms with Crippen molar-refractivity contribution in [2.24, 2.45) is 5.10 Å². The maximum absolute atomic E-state index is 12.7. The number of hydrogen-bond donors (Lipinski definition) is 0. The van der Waals surface area contributed by atoms with Gasteiger partial charge in [-0.2, -0.15) is 5.10 Å². The fourth-order valence-corrected chi connectivity index (χ4v) is 3.87. The van der Waals surface area contributed by atoms with Crippen LogP contribution in [0.4, 0.5) is 0 Å². The molecule has 1 unspecified atom stereocenters. The van der Waals surface area contributed by atoms with Crippen LogP contribution in [0.3, 0.4) is 0 Å². The molecule has 0 spiro atoms. The second-order valence-electron chi connectivity index (χ2n) is 7.01. The van der Waals surface area contributed by atoms with Gasteiger partial charge < -0.3 is 9.47 Å². The van der Waals surface area contributed by atoms with E-state index in [4.69, 9.17) is 21.1 Å². The normalized spacial score (nSPS) is 15.9. The average Bonchev–Trinajstić information content (AvgIpc) is 3.22. The molecule has 0 bridgehead atoms. The molecule has 4 rings (SSSR count). The summed E-state index contributed by atoms with van der Waals surface area (Å²) in [4.78, 5) is 17.2. The van der Waals surface area contributed by atoms with Gasteiger partial charge in [-0.05, 0) is 48.0 Å². The van der Waals surface area contributed by atoms with Gasteiger partial charge in [0.25, 0.3) is 0 Å². The zero-order chi connectivity index (χ0) is 21.3. The van der Waals surface area contributed by atoms with Gasteiger partial charge in [0.1, 0.15) is 16.7 Å². The first-order valence-corrected chi connectivity index (χ1v) is 10.1. The Labute approximate surface area is 180 Å². The highest BCUT2D eigenvalue weighted by Gasteiger charge is 2.34. The molecule has 0 fully saturated rings. The largest absolute Gasteiger partial charge is 0.497 e. The number of hydrogen-bond acceptors (Lipinski definition) is 5. The van der Waals surface area contributed by atoms with Crippen molar-refractivity contribution >= 4 is 34.1 Å². The average molecular weight is 424 g/mol. The first-order chi connectivity index (χ1) is 14.5. The molecule has 7 heteroatoms. The Morgan fingerprint density at radius 2 is 1.80 bits per heavy atom. The smallest absolute Gasteiger partial charge is 0.242 e. The fourth-order valence-electron chi connectivity index (χ4n) is 3.60. The van der Waals surface area contributed by atoms with Gasteiger partial charge in [0, 0.05) is 29.9 Å². The van der Waals surface area contributed by atoms with E-state index >= 15 is 0 Å². The molecule has 30 heavy (non-hydrogen) atoms. The zero-order valence-electron chi connectivity index (χ0n) is 17.1. The second kappa shape index (κ2) is 8.32. The molecule has 154 valence electrons. The minimum absolute atomic E-state index is 0.0607. The van der Waals surface area contributed by atoms with Crippen LogP contribution >= 0.6 is 11.6 Å². The highest BCUT2D eigenvalue weighted by molar-refractivity contribution is 6.30. The standard InChI is InChI=1S/C23H22ClN3O3/c1-4-22(28)27-21(13-20(26-27)14-5-8-16(29-2)9-6-14)18-11-15-7-10-17(30-3)12-19(15)25-23(18)24/h5-12,21H,4,13H2,1-3H3.